The molecular weight excluding hydrogens is 204 g/mol. The zero-order valence-corrected chi connectivity index (χ0v) is 9.96. The van der Waals surface area contributed by atoms with E-state index in [1.807, 2.05) is 12.1 Å². The van der Waals surface area contributed by atoms with Crippen molar-refractivity contribution in [2.75, 3.05) is 11.5 Å². The first-order valence-corrected chi connectivity index (χ1v) is 6.80. The first-order chi connectivity index (χ1) is 7.29. The Kier molecular flexibility index (Phi) is 3.57. The van der Waals surface area contributed by atoms with Crippen LogP contribution in [0.2, 0.25) is 0 Å². The minimum absolute atomic E-state index is 0.459. The summed E-state index contributed by atoms with van der Waals surface area (Å²) in [5.74, 6) is 4.23. The molecule has 0 aromatic heterocycles. The molecule has 1 aromatic carbocycles. The fourth-order valence-corrected chi connectivity index (χ4v) is 3.58. The minimum atomic E-state index is 0.459. The molecule has 15 heavy (non-hydrogen) atoms. The van der Waals surface area contributed by atoms with Gasteiger partial charge in [0.1, 0.15) is 5.75 Å². The van der Waals surface area contributed by atoms with Crippen molar-refractivity contribution in [2.45, 2.75) is 25.7 Å². The largest absolute Gasteiger partial charge is 0.508 e. The van der Waals surface area contributed by atoms with Crippen LogP contribution >= 0.6 is 11.8 Å². The summed E-state index contributed by atoms with van der Waals surface area (Å²) in [6, 6.07) is 7.75. The molecule has 1 aromatic rings. The lowest BCUT2D eigenvalue weighted by Crippen LogP contribution is -2.17. The monoisotopic (exact) mass is 222 g/mol. The van der Waals surface area contributed by atoms with Crippen molar-refractivity contribution >= 4 is 11.8 Å². The molecule has 0 radical (unpaired) electrons. The van der Waals surface area contributed by atoms with Crippen LogP contribution in [0, 0.1) is 5.92 Å². The molecule has 2 atom stereocenters. The molecular formula is C13H18OS. The second kappa shape index (κ2) is 4.93. The molecule has 1 N–H and O–H groups in total. The highest BCUT2D eigenvalue weighted by Crippen LogP contribution is 2.37. The van der Waals surface area contributed by atoms with Crippen molar-refractivity contribution in [3.63, 3.8) is 0 Å². The Bertz CT molecular complexity index is 318. The van der Waals surface area contributed by atoms with Crippen LogP contribution in [0.15, 0.2) is 24.3 Å². The SMILES string of the molecule is CC(c1ccccc1O)C1CCCSC1. The van der Waals surface area contributed by atoms with E-state index in [4.69, 9.17) is 0 Å². The molecule has 0 bridgehead atoms. The topological polar surface area (TPSA) is 20.2 Å². The van der Waals surface area contributed by atoms with Gasteiger partial charge in [0.15, 0.2) is 0 Å². The number of phenols is 1. The van der Waals surface area contributed by atoms with Gasteiger partial charge >= 0.3 is 0 Å². The summed E-state index contributed by atoms with van der Waals surface area (Å²) in [4.78, 5) is 0. The van der Waals surface area contributed by atoms with E-state index >= 15 is 0 Å². The number of para-hydroxylation sites is 1. The molecule has 1 fully saturated rings. The van der Waals surface area contributed by atoms with E-state index in [0.29, 0.717) is 11.7 Å². The van der Waals surface area contributed by atoms with E-state index < -0.39 is 0 Å². The Balaban J connectivity index is 2.12. The van der Waals surface area contributed by atoms with Crippen LogP contribution in [0.3, 0.4) is 0 Å². The van der Waals surface area contributed by atoms with Gasteiger partial charge in [0, 0.05) is 0 Å². The van der Waals surface area contributed by atoms with Gasteiger partial charge in [-0.3, -0.25) is 0 Å². The zero-order chi connectivity index (χ0) is 10.7. The number of hydrogen-bond donors (Lipinski definition) is 1. The van der Waals surface area contributed by atoms with Crippen LogP contribution in [0.25, 0.3) is 0 Å². The fraction of sp³-hybridized carbons (Fsp3) is 0.538. The van der Waals surface area contributed by atoms with Gasteiger partial charge in [-0.25, -0.2) is 0 Å². The van der Waals surface area contributed by atoms with E-state index in [9.17, 15) is 5.11 Å². The standard InChI is InChI=1S/C13H18OS/c1-10(11-5-4-8-15-9-11)12-6-2-3-7-13(12)14/h2-3,6-7,10-11,14H,4-5,8-9H2,1H3. The highest BCUT2D eigenvalue weighted by atomic mass is 32.2. The first-order valence-electron chi connectivity index (χ1n) is 5.64. The number of aromatic hydroxyl groups is 1. The van der Waals surface area contributed by atoms with Crippen molar-refractivity contribution in [1.82, 2.24) is 0 Å². The maximum Gasteiger partial charge on any atom is 0.119 e. The number of hydrogen-bond acceptors (Lipinski definition) is 2. The Morgan fingerprint density at radius 3 is 2.87 bits per heavy atom. The Labute approximate surface area is 95.9 Å². The second-order valence-electron chi connectivity index (χ2n) is 4.32. The maximum atomic E-state index is 9.80. The third kappa shape index (κ3) is 2.49. The Morgan fingerprint density at radius 1 is 1.40 bits per heavy atom. The second-order valence-corrected chi connectivity index (χ2v) is 5.47. The van der Waals surface area contributed by atoms with Gasteiger partial charge in [-0.15, -0.1) is 0 Å². The normalized spacial score (nSPS) is 23.7. The predicted octanol–water partition coefficient (Wildman–Crippen LogP) is 3.64. The van der Waals surface area contributed by atoms with Crippen molar-refractivity contribution in [3.05, 3.63) is 29.8 Å². The Morgan fingerprint density at radius 2 is 2.20 bits per heavy atom. The first kappa shape index (κ1) is 10.9. The van der Waals surface area contributed by atoms with E-state index in [0.717, 1.165) is 11.5 Å². The highest BCUT2D eigenvalue weighted by Gasteiger charge is 2.23. The summed E-state index contributed by atoms with van der Waals surface area (Å²) >= 11 is 2.05. The van der Waals surface area contributed by atoms with Gasteiger partial charge in [0.05, 0.1) is 0 Å². The molecule has 0 saturated carbocycles. The van der Waals surface area contributed by atoms with Crippen LogP contribution in [0.4, 0.5) is 0 Å². The summed E-state index contributed by atoms with van der Waals surface area (Å²) in [6.45, 7) is 2.24. The van der Waals surface area contributed by atoms with E-state index in [-0.39, 0.29) is 0 Å². The summed E-state index contributed by atoms with van der Waals surface area (Å²) < 4.78 is 0. The molecule has 2 unspecified atom stereocenters. The fourth-order valence-electron chi connectivity index (χ4n) is 2.29. The van der Waals surface area contributed by atoms with Gasteiger partial charge in [0.2, 0.25) is 0 Å². The third-order valence-electron chi connectivity index (χ3n) is 3.33. The smallest absolute Gasteiger partial charge is 0.119 e. The van der Waals surface area contributed by atoms with Gasteiger partial charge in [-0.2, -0.15) is 11.8 Å². The van der Waals surface area contributed by atoms with E-state index in [1.54, 1.807) is 6.07 Å². The third-order valence-corrected chi connectivity index (χ3v) is 4.57. The van der Waals surface area contributed by atoms with E-state index in [1.165, 1.54) is 24.3 Å². The molecule has 2 rings (SSSR count). The number of phenolic OH excluding ortho intramolecular Hbond substituents is 1. The molecule has 0 aliphatic carbocycles. The van der Waals surface area contributed by atoms with Crippen molar-refractivity contribution in [3.8, 4) is 5.75 Å². The van der Waals surface area contributed by atoms with Crippen molar-refractivity contribution < 1.29 is 5.11 Å². The quantitative estimate of drug-likeness (QED) is 0.824. The average molecular weight is 222 g/mol. The van der Waals surface area contributed by atoms with Gasteiger partial charge in [0.25, 0.3) is 0 Å². The molecule has 1 heterocycles. The molecule has 1 saturated heterocycles. The molecule has 0 spiro atoms. The Hall–Kier alpha value is -0.630. The summed E-state index contributed by atoms with van der Waals surface area (Å²) in [5.41, 5.74) is 1.12. The summed E-state index contributed by atoms with van der Waals surface area (Å²) in [5, 5.41) is 9.80. The number of thioether (sulfide) groups is 1. The molecule has 0 amide bonds. The molecule has 1 nitrogen and oxygen atoms in total. The highest BCUT2D eigenvalue weighted by molar-refractivity contribution is 7.99. The predicted molar refractivity (Wildman–Crippen MR) is 66.6 cm³/mol. The van der Waals surface area contributed by atoms with Crippen LogP contribution in [0.1, 0.15) is 31.2 Å². The molecule has 1 aliphatic rings. The molecule has 82 valence electrons. The van der Waals surface area contributed by atoms with E-state index in [2.05, 4.69) is 24.8 Å². The summed E-state index contributed by atoms with van der Waals surface area (Å²) in [7, 11) is 0. The van der Waals surface area contributed by atoms with Crippen LogP contribution in [-0.2, 0) is 0 Å². The van der Waals surface area contributed by atoms with Crippen LogP contribution < -0.4 is 0 Å². The molecule has 1 aliphatic heterocycles. The minimum Gasteiger partial charge on any atom is -0.508 e. The zero-order valence-electron chi connectivity index (χ0n) is 9.15. The average Bonchev–Trinajstić information content (AvgIpc) is 2.30. The number of rotatable bonds is 2. The lowest BCUT2D eigenvalue weighted by Gasteiger charge is -2.27. The number of benzene rings is 1. The van der Waals surface area contributed by atoms with Gasteiger partial charge < -0.3 is 5.11 Å². The summed E-state index contributed by atoms with van der Waals surface area (Å²) in [6.07, 6.45) is 2.63. The lowest BCUT2D eigenvalue weighted by atomic mass is 9.85. The lowest BCUT2D eigenvalue weighted by molar-refractivity contribution is 0.417. The maximum absolute atomic E-state index is 9.80. The van der Waals surface area contributed by atoms with Crippen molar-refractivity contribution in [1.29, 1.82) is 0 Å². The van der Waals surface area contributed by atoms with Gasteiger partial charge in [-0.05, 0) is 47.8 Å². The van der Waals surface area contributed by atoms with Gasteiger partial charge in [-0.1, -0.05) is 25.1 Å². The van der Waals surface area contributed by atoms with Crippen LogP contribution in [-0.4, -0.2) is 16.6 Å². The van der Waals surface area contributed by atoms with Crippen molar-refractivity contribution in [2.24, 2.45) is 5.92 Å². The van der Waals surface area contributed by atoms with Crippen LogP contribution in [0.5, 0.6) is 5.75 Å². The molecule has 2 heteroatoms.